The van der Waals surface area contributed by atoms with Gasteiger partial charge in [-0.25, -0.2) is 0 Å². The van der Waals surface area contributed by atoms with Crippen LogP contribution in [0.4, 0.5) is 0 Å². The third-order valence-corrected chi connectivity index (χ3v) is 5.13. The molecule has 2 unspecified atom stereocenters. The molecule has 2 heterocycles. The van der Waals surface area contributed by atoms with Gasteiger partial charge in [-0.05, 0) is 25.7 Å². The molecule has 0 amide bonds. The molecule has 17 heavy (non-hydrogen) atoms. The normalized spacial score (nSPS) is 38.6. The molecule has 0 aromatic rings. The molecule has 2 atom stereocenters. The van der Waals surface area contributed by atoms with Gasteiger partial charge in [-0.1, -0.05) is 19.3 Å². The maximum absolute atomic E-state index is 6.34. The summed E-state index contributed by atoms with van der Waals surface area (Å²) in [7, 11) is 0. The molecule has 2 N–H and O–H groups in total. The molecular weight excluding hydrogens is 212 g/mol. The van der Waals surface area contributed by atoms with Crippen LogP contribution < -0.4 is 5.73 Å². The first-order valence-electron chi connectivity index (χ1n) is 7.37. The van der Waals surface area contributed by atoms with Gasteiger partial charge in [0.15, 0.2) is 0 Å². The highest BCUT2D eigenvalue weighted by molar-refractivity contribution is 5.00. The van der Waals surface area contributed by atoms with Crippen molar-refractivity contribution in [3.8, 4) is 0 Å². The number of ether oxygens (including phenoxy) is 1. The standard InChI is InChI=1S/C14H26N2O/c15-12-4-2-1-3-5-13(12)16-10-14(11-16)6-8-17-9-7-14/h12-13H,1-11,15H2. The van der Waals surface area contributed by atoms with Crippen LogP contribution in [-0.4, -0.2) is 43.3 Å². The summed E-state index contributed by atoms with van der Waals surface area (Å²) in [5.41, 5.74) is 6.94. The fourth-order valence-electron chi connectivity index (χ4n) is 3.94. The van der Waals surface area contributed by atoms with Crippen molar-refractivity contribution in [1.82, 2.24) is 4.90 Å². The average molecular weight is 238 g/mol. The van der Waals surface area contributed by atoms with Crippen molar-refractivity contribution in [3.63, 3.8) is 0 Å². The molecule has 0 aromatic carbocycles. The molecule has 1 spiro atoms. The second-order valence-electron chi connectivity index (χ2n) is 6.39. The Balaban J connectivity index is 1.56. The monoisotopic (exact) mass is 238 g/mol. The Labute approximate surface area is 105 Å². The van der Waals surface area contributed by atoms with Crippen LogP contribution in [-0.2, 0) is 4.74 Å². The summed E-state index contributed by atoms with van der Waals surface area (Å²) < 4.78 is 5.48. The molecule has 3 rings (SSSR count). The molecule has 3 heteroatoms. The highest BCUT2D eigenvalue weighted by Gasteiger charge is 2.46. The number of likely N-dealkylation sites (tertiary alicyclic amines) is 1. The Kier molecular flexibility index (Phi) is 3.42. The van der Waals surface area contributed by atoms with E-state index in [1.54, 1.807) is 0 Å². The summed E-state index contributed by atoms with van der Waals surface area (Å²) in [6.45, 7) is 4.53. The van der Waals surface area contributed by atoms with Crippen molar-refractivity contribution in [2.75, 3.05) is 26.3 Å². The number of nitrogens with zero attached hydrogens (tertiary/aromatic N) is 1. The van der Waals surface area contributed by atoms with Crippen LogP contribution in [0.5, 0.6) is 0 Å². The first-order chi connectivity index (χ1) is 8.29. The van der Waals surface area contributed by atoms with Gasteiger partial charge in [0.05, 0.1) is 0 Å². The molecule has 1 aliphatic carbocycles. The van der Waals surface area contributed by atoms with Crippen LogP contribution in [0, 0.1) is 5.41 Å². The van der Waals surface area contributed by atoms with Gasteiger partial charge in [0.1, 0.15) is 0 Å². The molecule has 0 radical (unpaired) electrons. The van der Waals surface area contributed by atoms with Crippen LogP contribution >= 0.6 is 0 Å². The maximum atomic E-state index is 6.34. The van der Waals surface area contributed by atoms with Gasteiger partial charge in [0.2, 0.25) is 0 Å². The number of hydrogen-bond donors (Lipinski definition) is 1. The van der Waals surface area contributed by atoms with Gasteiger partial charge in [0.25, 0.3) is 0 Å². The minimum atomic E-state index is 0.426. The van der Waals surface area contributed by atoms with E-state index in [0.717, 1.165) is 13.2 Å². The van der Waals surface area contributed by atoms with Crippen molar-refractivity contribution in [1.29, 1.82) is 0 Å². The summed E-state index contributed by atoms with van der Waals surface area (Å²) in [6.07, 6.45) is 9.20. The summed E-state index contributed by atoms with van der Waals surface area (Å²) in [5.74, 6) is 0. The predicted octanol–water partition coefficient (Wildman–Crippen LogP) is 1.76. The van der Waals surface area contributed by atoms with Crippen molar-refractivity contribution in [2.45, 2.75) is 57.0 Å². The molecule has 2 saturated heterocycles. The third-order valence-electron chi connectivity index (χ3n) is 5.13. The van der Waals surface area contributed by atoms with E-state index in [1.807, 2.05) is 0 Å². The zero-order valence-electron chi connectivity index (χ0n) is 10.9. The van der Waals surface area contributed by atoms with Gasteiger partial charge in [0, 0.05) is 43.8 Å². The zero-order chi connectivity index (χ0) is 11.7. The third kappa shape index (κ3) is 2.38. The average Bonchev–Trinajstić information content (AvgIpc) is 2.52. The lowest BCUT2D eigenvalue weighted by Gasteiger charge is -2.56. The van der Waals surface area contributed by atoms with E-state index in [1.165, 1.54) is 58.0 Å². The van der Waals surface area contributed by atoms with E-state index >= 15 is 0 Å². The summed E-state index contributed by atoms with van der Waals surface area (Å²) in [5, 5.41) is 0. The van der Waals surface area contributed by atoms with E-state index < -0.39 is 0 Å². The van der Waals surface area contributed by atoms with Gasteiger partial charge >= 0.3 is 0 Å². The maximum Gasteiger partial charge on any atom is 0.0472 e. The van der Waals surface area contributed by atoms with Crippen molar-refractivity contribution in [3.05, 3.63) is 0 Å². The van der Waals surface area contributed by atoms with Crippen LogP contribution in [0.15, 0.2) is 0 Å². The zero-order valence-corrected chi connectivity index (χ0v) is 10.9. The van der Waals surface area contributed by atoms with Crippen LogP contribution in [0.2, 0.25) is 0 Å². The molecule has 2 aliphatic heterocycles. The fourth-order valence-corrected chi connectivity index (χ4v) is 3.94. The Morgan fingerprint density at radius 1 is 1.00 bits per heavy atom. The molecule has 3 nitrogen and oxygen atoms in total. The quantitative estimate of drug-likeness (QED) is 0.707. The molecule has 0 aromatic heterocycles. The van der Waals surface area contributed by atoms with Gasteiger partial charge in [-0.2, -0.15) is 0 Å². The van der Waals surface area contributed by atoms with E-state index in [2.05, 4.69) is 4.90 Å². The predicted molar refractivity (Wildman–Crippen MR) is 68.9 cm³/mol. The molecular formula is C14H26N2O. The Hall–Kier alpha value is -0.120. The van der Waals surface area contributed by atoms with E-state index in [4.69, 9.17) is 10.5 Å². The first kappa shape index (κ1) is 11.9. The van der Waals surface area contributed by atoms with Gasteiger partial charge < -0.3 is 10.5 Å². The molecule has 3 fully saturated rings. The first-order valence-corrected chi connectivity index (χ1v) is 7.37. The summed E-state index contributed by atoms with van der Waals surface area (Å²) >= 11 is 0. The van der Waals surface area contributed by atoms with Crippen molar-refractivity contribution < 1.29 is 4.74 Å². The van der Waals surface area contributed by atoms with Crippen molar-refractivity contribution in [2.24, 2.45) is 11.1 Å². The van der Waals surface area contributed by atoms with Crippen molar-refractivity contribution >= 4 is 0 Å². The molecule has 1 saturated carbocycles. The Morgan fingerprint density at radius 2 is 1.71 bits per heavy atom. The lowest BCUT2D eigenvalue weighted by Crippen LogP contribution is -2.64. The largest absolute Gasteiger partial charge is 0.381 e. The summed E-state index contributed by atoms with van der Waals surface area (Å²) in [6, 6.07) is 1.10. The van der Waals surface area contributed by atoms with E-state index in [0.29, 0.717) is 17.5 Å². The van der Waals surface area contributed by atoms with Crippen LogP contribution in [0.3, 0.4) is 0 Å². The smallest absolute Gasteiger partial charge is 0.0472 e. The Bertz CT molecular complexity index is 255. The van der Waals surface area contributed by atoms with E-state index in [-0.39, 0.29) is 0 Å². The van der Waals surface area contributed by atoms with Gasteiger partial charge in [-0.15, -0.1) is 0 Å². The molecule has 98 valence electrons. The minimum Gasteiger partial charge on any atom is -0.381 e. The van der Waals surface area contributed by atoms with Gasteiger partial charge in [-0.3, -0.25) is 4.90 Å². The second kappa shape index (κ2) is 4.87. The van der Waals surface area contributed by atoms with Crippen LogP contribution in [0.1, 0.15) is 44.9 Å². The lowest BCUT2D eigenvalue weighted by atomic mass is 9.72. The number of hydrogen-bond acceptors (Lipinski definition) is 3. The highest BCUT2D eigenvalue weighted by atomic mass is 16.5. The lowest BCUT2D eigenvalue weighted by molar-refractivity contribution is -0.101. The highest BCUT2D eigenvalue weighted by Crippen LogP contribution is 2.42. The summed E-state index contributed by atoms with van der Waals surface area (Å²) in [4.78, 5) is 2.67. The van der Waals surface area contributed by atoms with Crippen LogP contribution in [0.25, 0.3) is 0 Å². The molecule has 3 aliphatic rings. The van der Waals surface area contributed by atoms with E-state index in [9.17, 15) is 0 Å². The molecule has 0 bridgehead atoms. The SMILES string of the molecule is NC1CCCCCC1N1CC2(CCOCC2)C1. The number of nitrogens with two attached hydrogens (primary N) is 1. The minimum absolute atomic E-state index is 0.426. The second-order valence-corrected chi connectivity index (χ2v) is 6.39. The fraction of sp³-hybridized carbons (Fsp3) is 1.00. The number of rotatable bonds is 1. The topological polar surface area (TPSA) is 38.5 Å². The Morgan fingerprint density at radius 3 is 2.47 bits per heavy atom.